The second-order valence-corrected chi connectivity index (χ2v) is 10.0. The fourth-order valence-electron chi connectivity index (χ4n) is 3.35. The van der Waals surface area contributed by atoms with E-state index in [0.717, 1.165) is 33.9 Å². The number of carboxylic acid groups (broad SMARTS) is 1. The van der Waals surface area contributed by atoms with Gasteiger partial charge in [0, 0.05) is 10.8 Å². The quantitative estimate of drug-likeness (QED) is 0.303. The summed E-state index contributed by atoms with van der Waals surface area (Å²) < 4.78 is 27.3. The second-order valence-electron chi connectivity index (χ2n) is 7.91. The number of nitrogens with zero attached hydrogens (tertiary/aromatic N) is 2. The fourth-order valence-corrected chi connectivity index (χ4v) is 4.64. The number of aliphatic hydroxyl groups excluding tert-OH is 1. The molecule has 2 heterocycles. The lowest BCUT2D eigenvalue weighted by atomic mass is 10.1. The van der Waals surface area contributed by atoms with Crippen molar-refractivity contribution in [1.82, 2.24) is 9.97 Å². The number of thiazole rings is 2. The Labute approximate surface area is 210 Å². The minimum absolute atomic E-state index is 0.0271. The van der Waals surface area contributed by atoms with Crippen molar-refractivity contribution in [3.8, 4) is 0 Å². The van der Waals surface area contributed by atoms with Gasteiger partial charge in [-0.3, -0.25) is 0 Å². The van der Waals surface area contributed by atoms with E-state index in [4.69, 9.17) is 10.2 Å². The van der Waals surface area contributed by atoms with Crippen LogP contribution in [-0.4, -0.2) is 26.2 Å². The van der Waals surface area contributed by atoms with E-state index in [0.29, 0.717) is 36.0 Å². The summed E-state index contributed by atoms with van der Waals surface area (Å²) in [5, 5.41) is 23.6. The molecular weight excluding hydrogens is 490 g/mol. The third-order valence-corrected chi connectivity index (χ3v) is 6.88. The van der Waals surface area contributed by atoms with Gasteiger partial charge in [0.1, 0.15) is 11.6 Å². The van der Waals surface area contributed by atoms with Crippen LogP contribution < -0.4 is 0 Å². The average Bonchev–Trinajstić information content (AvgIpc) is 3.45. The van der Waals surface area contributed by atoms with E-state index in [1.54, 1.807) is 34.8 Å². The molecule has 0 radical (unpaired) electrons. The molecule has 0 saturated heterocycles. The maximum Gasteiger partial charge on any atom is 0.335 e. The molecule has 5 nitrogen and oxygen atoms in total. The third kappa shape index (κ3) is 8.02. The van der Waals surface area contributed by atoms with E-state index in [9.17, 15) is 13.6 Å². The first-order chi connectivity index (χ1) is 16.7. The Balaban J connectivity index is 0.000000196. The summed E-state index contributed by atoms with van der Waals surface area (Å²) >= 11 is 3.18. The third-order valence-electron chi connectivity index (χ3n) is 5.23. The minimum Gasteiger partial charge on any atom is -0.478 e. The second kappa shape index (κ2) is 12.6. The fraction of sp³-hybridized carbons (Fsp3) is 0.269. The van der Waals surface area contributed by atoms with E-state index in [1.165, 1.54) is 18.2 Å². The van der Waals surface area contributed by atoms with Crippen LogP contribution in [0.1, 0.15) is 48.5 Å². The highest BCUT2D eigenvalue weighted by Crippen LogP contribution is 2.16. The zero-order valence-electron chi connectivity index (χ0n) is 19.4. The van der Waals surface area contributed by atoms with Crippen molar-refractivity contribution in [1.29, 1.82) is 0 Å². The number of benzene rings is 2. The van der Waals surface area contributed by atoms with Crippen molar-refractivity contribution in [3.63, 3.8) is 0 Å². The highest BCUT2D eigenvalue weighted by Gasteiger charge is 2.09. The maximum absolute atomic E-state index is 13.6. The van der Waals surface area contributed by atoms with Gasteiger partial charge in [-0.15, -0.1) is 22.7 Å². The summed E-state index contributed by atoms with van der Waals surface area (Å²) in [5.74, 6) is -1.83. The van der Waals surface area contributed by atoms with Crippen LogP contribution in [0.5, 0.6) is 0 Å². The molecule has 0 saturated carbocycles. The van der Waals surface area contributed by atoms with Gasteiger partial charge in [-0.1, -0.05) is 18.2 Å². The van der Waals surface area contributed by atoms with Crippen molar-refractivity contribution >= 4 is 28.6 Å². The van der Waals surface area contributed by atoms with Gasteiger partial charge in [0.05, 0.1) is 33.6 Å². The van der Waals surface area contributed by atoms with Crippen LogP contribution in [0.4, 0.5) is 8.78 Å². The zero-order valence-corrected chi connectivity index (χ0v) is 21.1. The maximum atomic E-state index is 13.6. The van der Waals surface area contributed by atoms with Gasteiger partial charge in [0.25, 0.3) is 0 Å². The Morgan fingerprint density at radius 3 is 1.74 bits per heavy atom. The Morgan fingerprint density at radius 1 is 0.829 bits per heavy atom. The molecule has 0 spiro atoms. The van der Waals surface area contributed by atoms with Gasteiger partial charge in [-0.25, -0.2) is 23.5 Å². The van der Waals surface area contributed by atoms with Gasteiger partial charge < -0.3 is 10.2 Å². The normalized spacial score (nSPS) is 10.7. The Bertz CT molecular complexity index is 1290. The number of halogens is 2. The molecule has 0 fully saturated rings. The summed E-state index contributed by atoms with van der Waals surface area (Å²) in [6.07, 6.45) is 2.57. The van der Waals surface area contributed by atoms with E-state index in [-0.39, 0.29) is 18.0 Å². The summed E-state index contributed by atoms with van der Waals surface area (Å²) in [7, 11) is 0. The minimum atomic E-state index is -1.12. The highest BCUT2D eigenvalue weighted by atomic mass is 32.1. The molecule has 35 heavy (non-hydrogen) atoms. The molecule has 0 aliphatic heterocycles. The van der Waals surface area contributed by atoms with E-state index >= 15 is 0 Å². The molecule has 2 aromatic carbocycles. The van der Waals surface area contributed by atoms with E-state index in [2.05, 4.69) is 9.97 Å². The molecular formula is C26H26F2N2O3S2. The topological polar surface area (TPSA) is 83.3 Å². The van der Waals surface area contributed by atoms with Crippen LogP contribution in [0.2, 0.25) is 0 Å². The first-order valence-corrected chi connectivity index (χ1v) is 12.7. The molecule has 0 amide bonds. The van der Waals surface area contributed by atoms with E-state index < -0.39 is 11.8 Å². The molecule has 184 valence electrons. The van der Waals surface area contributed by atoms with Gasteiger partial charge in [-0.05, 0) is 74.4 Å². The number of carbonyl (C=O) groups is 1. The molecule has 0 unspecified atom stereocenters. The number of hydrogen-bond donors (Lipinski definition) is 2. The van der Waals surface area contributed by atoms with Crippen LogP contribution in [0.15, 0.2) is 47.2 Å². The molecule has 0 atom stereocenters. The zero-order chi connectivity index (χ0) is 25.4. The predicted molar refractivity (Wildman–Crippen MR) is 134 cm³/mol. The number of aliphatic hydroxyl groups is 1. The molecule has 4 rings (SSSR count). The highest BCUT2D eigenvalue weighted by molar-refractivity contribution is 7.09. The van der Waals surface area contributed by atoms with Crippen molar-refractivity contribution < 1.29 is 23.8 Å². The van der Waals surface area contributed by atoms with Crippen molar-refractivity contribution in [2.45, 2.75) is 46.1 Å². The largest absolute Gasteiger partial charge is 0.478 e. The summed E-state index contributed by atoms with van der Waals surface area (Å²) in [4.78, 5) is 19.3. The summed E-state index contributed by atoms with van der Waals surface area (Å²) in [6.45, 7) is 3.77. The van der Waals surface area contributed by atoms with Crippen molar-refractivity contribution in [2.24, 2.45) is 0 Å². The van der Waals surface area contributed by atoms with Crippen molar-refractivity contribution in [2.75, 3.05) is 0 Å². The monoisotopic (exact) mass is 516 g/mol. The Morgan fingerprint density at radius 2 is 1.34 bits per heavy atom. The smallest absolute Gasteiger partial charge is 0.335 e. The van der Waals surface area contributed by atoms with Crippen LogP contribution in [0, 0.1) is 25.5 Å². The van der Waals surface area contributed by atoms with Gasteiger partial charge in [0.15, 0.2) is 0 Å². The average molecular weight is 517 g/mol. The molecule has 0 aliphatic rings. The number of rotatable bonds is 8. The molecule has 2 N–H and O–H groups in total. The molecule has 9 heteroatoms. The Kier molecular flexibility index (Phi) is 9.59. The summed E-state index contributed by atoms with van der Waals surface area (Å²) in [5.41, 5.74) is 3.73. The van der Waals surface area contributed by atoms with Gasteiger partial charge >= 0.3 is 5.97 Å². The lowest BCUT2D eigenvalue weighted by Crippen LogP contribution is -2.00. The molecule has 0 aliphatic carbocycles. The van der Waals surface area contributed by atoms with Crippen LogP contribution in [-0.2, 0) is 32.3 Å². The number of aromatic carboxylic acids is 1. The van der Waals surface area contributed by atoms with Crippen LogP contribution in [0.3, 0.4) is 0 Å². The summed E-state index contributed by atoms with van der Waals surface area (Å²) in [6, 6.07) is 8.89. The standard InChI is InChI=1S/C13H12FNO2S.C13H14FNOS/c1-8-15-11(7-18-8)5-4-9-2-3-10(13(16)17)6-12(9)14;1-9-15-12(8-17-9)5-4-11-3-2-10(7-16)6-13(11)14/h2-3,6-7H,4-5H2,1H3,(H,16,17);2-3,6,8,16H,4-5,7H2,1H3. The van der Waals surface area contributed by atoms with Crippen LogP contribution in [0.25, 0.3) is 0 Å². The number of hydrogen-bond acceptors (Lipinski definition) is 6. The van der Waals surface area contributed by atoms with Gasteiger partial charge in [0.2, 0.25) is 0 Å². The first-order valence-electron chi connectivity index (χ1n) is 11.0. The first kappa shape index (κ1) is 26.6. The van der Waals surface area contributed by atoms with Crippen LogP contribution >= 0.6 is 22.7 Å². The van der Waals surface area contributed by atoms with Gasteiger partial charge in [-0.2, -0.15) is 0 Å². The SMILES string of the molecule is Cc1nc(CCc2ccc(C(=O)O)cc2F)cs1.Cc1nc(CCc2ccc(CO)cc2F)cs1. The van der Waals surface area contributed by atoms with Crippen molar-refractivity contribution in [3.05, 3.63) is 102 Å². The number of carboxylic acids is 1. The number of aromatic nitrogens is 2. The molecule has 2 aromatic heterocycles. The number of aryl methyl sites for hydroxylation is 6. The van der Waals surface area contributed by atoms with E-state index in [1.807, 2.05) is 24.6 Å². The molecule has 4 aromatic rings. The Hall–Kier alpha value is -3.01. The lowest BCUT2D eigenvalue weighted by molar-refractivity contribution is 0.0696. The predicted octanol–water partition coefficient (Wildman–Crippen LogP) is 5.94. The molecule has 0 bridgehead atoms. The lowest BCUT2D eigenvalue weighted by Gasteiger charge is -2.03.